The van der Waals surface area contributed by atoms with Crippen LogP contribution in [-0.4, -0.2) is 98.8 Å². The first kappa shape index (κ1) is 36.1. The van der Waals surface area contributed by atoms with Crippen molar-refractivity contribution in [2.45, 2.75) is 94.5 Å². The first-order valence-electron chi connectivity index (χ1n) is 16.9. The summed E-state index contributed by atoms with van der Waals surface area (Å²) in [5, 5.41) is 5.44. The topological polar surface area (TPSA) is 155 Å². The van der Waals surface area contributed by atoms with Crippen LogP contribution in [0.3, 0.4) is 0 Å². The summed E-state index contributed by atoms with van der Waals surface area (Å²) in [5.74, 6) is -0.00256. The molecule has 2 aromatic rings. The number of nitrogens with zero attached hydrogens (tertiary/aromatic N) is 3. The molecular formula is C35H47N5O8S. The number of nitrogens with one attached hydrogen (secondary N) is 2. The predicted octanol–water partition coefficient (Wildman–Crippen LogP) is 3.46. The van der Waals surface area contributed by atoms with E-state index < -0.39 is 27.8 Å². The van der Waals surface area contributed by atoms with Gasteiger partial charge in [0, 0.05) is 82.4 Å². The minimum absolute atomic E-state index is 0.0958. The Labute approximate surface area is 288 Å². The van der Waals surface area contributed by atoms with E-state index in [0.717, 1.165) is 30.4 Å². The number of aldehydes is 1. The number of likely N-dealkylation sites (N-methyl/N-ethyl adjacent to an activating group) is 1. The van der Waals surface area contributed by atoms with Gasteiger partial charge in [-0.05, 0) is 75.9 Å². The molecule has 49 heavy (non-hydrogen) atoms. The second-order valence-corrected chi connectivity index (χ2v) is 15.7. The van der Waals surface area contributed by atoms with Gasteiger partial charge in [-0.3, -0.25) is 9.59 Å². The summed E-state index contributed by atoms with van der Waals surface area (Å²) in [7, 11) is -2.22. The Bertz CT molecular complexity index is 1640. The highest BCUT2D eigenvalue weighted by Gasteiger charge is 2.36. The maximum absolute atomic E-state index is 13.5. The van der Waals surface area contributed by atoms with Gasteiger partial charge in [-0.15, -0.1) is 0 Å². The summed E-state index contributed by atoms with van der Waals surface area (Å²) >= 11 is 0. The fourth-order valence-corrected chi connectivity index (χ4v) is 8.10. The van der Waals surface area contributed by atoms with Crippen LogP contribution in [0.1, 0.15) is 75.2 Å². The molecular weight excluding hydrogens is 650 g/mol. The zero-order chi connectivity index (χ0) is 35.3. The molecule has 3 amide bonds. The quantitative estimate of drug-likeness (QED) is 0.336. The fourth-order valence-electron chi connectivity index (χ4n) is 6.60. The molecule has 0 saturated carbocycles. The number of alkyl carbamates (subject to hydrolysis) is 1. The zero-order valence-electron chi connectivity index (χ0n) is 28.6. The number of amides is 3. The Morgan fingerprint density at radius 2 is 1.73 bits per heavy atom. The summed E-state index contributed by atoms with van der Waals surface area (Å²) < 4.78 is 40.0. The summed E-state index contributed by atoms with van der Waals surface area (Å²) in [6.45, 7) is 7.70. The second kappa shape index (κ2) is 15.2. The van der Waals surface area contributed by atoms with Gasteiger partial charge in [0.1, 0.15) is 29.8 Å². The number of hydrogen-bond acceptors (Lipinski definition) is 9. The van der Waals surface area contributed by atoms with Crippen molar-refractivity contribution in [1.82, 2.24) is 19.8 Å². The molecule has 0 spiro atoms. The molecule has 2 aromatic carbocycles. The third-order valence-electron chi connectivity index (χ3n) is 9.13. The van der Waals surface area contributed by atoms with Crippen molar-refractivity contribution >= 4 is 39.9 Å². The first-order chi connectivity index (χ1) is 23.3. The maximum atomic E-state index is 13.5. The van der Waals surface area contributed by atoms with Gasteiger partial charge >= 0.3 is 6.09 Å². The van der Waals surface area contributed by atoms with Crippen molar-refractivity contribution in [2.24, 2.45) is 0 Å². The van der Waals surface area contributed by atoms with E-state index in [1.807, 2.05) is 18.2 Å². The van der Waals surface area contributed by atoms with Crippen molar-refractivity contribution in [1.29, 1.82) is 0 Å². The number of piperidine rings is 2. The number of ether oxygens (including phenoxy) is 2. The molecule has 266 valence electrons. The van der Waals surface area contributed by atoms with Gasteiger partial charge in [0.05, 0.1) is 4.90 Å². The summed E-state index contributed by atoms with van der Waals surface area (Å²) in [6, 6.07) is 11.5. The molecule has 1 atom stereocenters. The molecule has 2 fully saturated rings. The largest absolute Gasteiger partial charge is 0.490 e. The smallest absolute Gasteiger partial charge is 0.407 e. The van der Waals surface area contributed by atoms with E-state index in [9.17, 15) is 27.6 Å². The van der Waals surface area contributed by atoms with E-state index in [0.29, 0.717) is 43.8 Å². The number of rotatable bonds is 11. The predicted molar refractivity (Wildman–Crippen MR) is 183 cm³/mol. The SMILES string of the molecule is CNC(=O)C(CCC=O)N1Cc2cc(N3CCC(Oc4cccc(S(=O)(=O)N5CCC(NC(=O)OC(C)(C)C)CC5)c4)CC3)ccc2C1=O. The van der Waals surface area contributed by atoms with Crippen LogP contribution in [0, 0.1) is 0 Å². The minimum atomic E-state index is -3.74. The number of benzene rings is 2. The van der Waals surface area contributed by atoms with E-state index >= 15 is 0 Å². The lowest BCUT2D eigenvalue weighted by atomic mass is 10.0. The lowest BCUT2D eigenvalue weighted by Gasteiger charge is -2.34. The highest BCUT2D eigenvalue weighted by atomic mass is 32.2. The number of fused-ring (bicyclic) bond motifs is 1. The van der Waals surface area contributed by atoms with E-state index in [-0.39, 0.29) is 54.8 Å². The Morgan fingerprint density at radius 3 is 2.39 bits per heavy atom. The normalized spacial score (nSPS) is 18.5. The highest BCUT2D eigenvalue weighted by Crippen LogP contribution is 2.32. The van der Waals surface area contributed by atoms with Crippen molar-refractivity contribution in [3.05, 3.63) is 53.6 Å². The Balaban J connectivity index is 1.14. The number of carbonyl (C=O) groups is 4. The molecule has 2 N–H and O–H groups in total. The van der Waals surface area contributed by atoms with Gasteiger partial charge in [-0.1, -0.05) is 6.07 Å². The Hall–Kier alpha value is -4.17. The van der Waals surface area contributed by atoms with Crippen molar-refractivity contribution < 1.29 is 37.1 Å². The molecule has 0 radical (unpaired) electrons. The molecule has 1 unspecified atom stereocenters. The number of carbonyl (C=O) groups excluding carboxylic acids is 4. The average Bonchev–Trinajstić information content (AvgIpc) is 3.39. The Morgan fingerprint density at radius 1 is 1.02 bits per heavy atom. The standard InChI is InChI=1S/C35H47N5O8S/c1-35(2,3)48-34(44)37-25-12-18-39(19-13-25)49(45,46)29-8-5-7-28(22-29)47-27-14-16-38(17-15-27)26-10-11-30-24(21-26)23-40(33(30)43)31(9-6-20-41)32(42)36-4/h5,7-8,10-11,20-22,25,27,31H,6,9,12-19,23H2,1-4H3,(H,36,42)(H,37,44). The average molecular weight is 698 g/mol. The van der Waals surface area contributed by atoms with E-state index in [1.165, 1.54) is 16.3 Å². The van der Waals surface area contributed by atoms with Crippen LogP contribution >= 0.6 is 0 Å². The summed E-state index contributed by atoms with van der Waals surface area (Å²) in [6.07, 6.45) is 3.05. The highest BCUT2D eigenvalue weighted by molar-refractivity contribution is 7.89. The maximum Gasteiger partial charge on any atom is 0.407 e. The van der Waals surface area contributed by atoms with Gasteiger partial charge in [0.15, 0.2) is 0 Å². The lowest BCUT2D eigenvalue weighted by molar-refractivity contribution is -0.125. The van der Waals surface area contributed by atoms with Crippen molar-refractivity contribution in [2.75, 3.05) is 38.1 Å². The monoisotopic (exact) mass is 697 g/mol. The van der Waals surface area contributed by atoms with Gasteiger partial charge < -0.3 is 34.7 Å². The van der Waals surface area contributed by atoms with Crippen LogP contribution in [0.4, 0.5) is 10.5 Å². The molecule has 3 aliphatic rings. The zero-order valence-corrected chi connectivity index (χ0v) is 29.5. The van der Waals surface area contributed by atoms with E-state index in [4.69, 9.17) is 9.47 Å². The third-order valence-corrected chi connectivity index (χ3v) is 11.0. The molecule has 0 bridgehead atoms. The molecule has 5 rings (SSSR count). The van der Waals surface area contributed by atoms with Crippen LogP contribution in [0.15, 0.2) is 47.4 Å². The van der Waals surface area contributed by atoms with Crippen LogP contribution in [0.2, 0.25) is 0 Å². The molecule has 2 saturated heterocycles. The van der Waals surface area contributed by atoms with Gasteiger partial charge in [0.2, 0.25) is 15.9 Å². The number of hydrogen-bond donors (Lipinski definition) is 2. The number of anilines is 1. The minimum Gasteiger partial charge on any atom is -0.490 e. The van der Waals surface area contributed by atoms with Crippen LogP contribution < -0.4 is 20.3 Å². The molecule has 0 aromatic heterocycles. The molecule has 0 aliphatic carbocycles. The molecule has 3 heterocycles. The Kier molecular flexibility index (Phi) is 11.2. The molecule has 3 aliphatic heterocycles. The van der Waals surface area contributed by atoms with Gasteiger partial charge in [-0.25, -0.2) is 13.2 Å². The van der Waals surface area contributed by atoms with E-state index in [1.54, 1.807) is 45.0 Å². The van der Waals surface area contributed by atoms with Gasteiger partial charge in [-0.2, -0.15) is 4.31 Å². The van der Waals surface area contributed by atoms with Crippen molar-refractivity contribution in [3.8, 4) is 5.75 Å². The molecule has 13 nitrogen and oxygen atoms in total. The van der Waals surface area contributed by atoms with Crippen LogP contribution in [0.5, 0.6) is 5.75 Å². The molecule has 14 heteroatoms. The summed E-state index contributed by atoms with van der Waals surface area (Å²) in [4.78, 5) is 52.7. The van der Waals surface area contributed by atoms with E-state index in [2.05, 4.69) is 15.5 Å². The second-order valence-electron chi connectivity index (χ2n) is 13.8. The van der Waals surface area contributed by atoms with Crippen LogP contribution in [-0.2, 0) is 30.9 Å². The van der Waals surface area contributed by atoms with Crippen molar-refractivity contribution in [3.63, 3.8) is 0 Å². The van der Waals surface area contributed by atoms with Gasteiger partial charge in [0.25, 0.3) is 5.91 Å². The summed E-state index contributed by atoms with van der Waals surface area (Å²) in [5.41, 5.74) is 1.79. The first-order valence-corrected chi connectivity index (χ1v) is 18.3. The fraction of sp³-hybridized carbons (Fsp3) is 0.543. The lowest BCUT2D eigenvalue weighted by Crippen LogP contribution is -2.47. The third kappa shape index (κ3) is 8.71. The van der Waals surface area contributed by atoms with Crippen LogP contribution in [0.25, 0.3) is 0 Å². The number of sulfonamides is 1.